The zero-order valence-electron chi connectivity index (χ0n) is 12.4. The van der Waals surface area contributed by atoms with Crippen LogP contribution in [0.4, 0.5) is 0 Å². The Kier molecular flexibility index (Phi) is 5.53. The summed E-state index contributed by atoms with van der Waals surface area (Å²) in [7, 11) is 0. The molecule has 0 radical (unpaired) electrons. The molecule has 1 aliphatic rings. The minimum absolute atomic E-state index is 0.0538. The number of nitrogens with one attached hydrogen (secondary N) is 2. The highest BCUT2D eigenvalue weighted by Gasteiger charge is 2.30. The minimum atomic E-state index is -0.792. The maximum Gasteiger partial charge on any atom is 0.306 e. The summed E-state index contributed by atoms with van der Waals surface area (Å²) in [4.78, 5) is 34.1. The van der Waals surface area contributed by atoms with Crippen LogP contribution in [0, 0.1) is 11.3 Å². The lowest BCUT2D eigenvalue weighted by molar-refractivity contribution is -0.141. The number of aliphatic carboxylic acids is 1. The third kappa shape index (κ3) is 5.19. The molecule has 0 aromatic rings. The van der Waals surface area contributed by atoms with Crippen LogP contribution in [0.25, 0.3) is 0 Å². The van der Waals surface area contributed by atoms with Gasteiger partial charge in [-0.15, -0.1) is 0 Å². The lowest BCUT2D eigenvalue weighted by Gasteiger charge is -2.18. The van der Waals surface area contributed by atoms with Gasteiger partial charge in [-0.05, 0) is 19.3 Å². The molecule has 1 fully saturated rings. The molecule has 0 aromatic carbocycles. The van der Waals surface area contributed by atoms with Gasteiger partial charge in [-0.3, -0.25) is 14.4 Å². The SMILES string of the molecule is CC(C)(C)C(=O)NCCC(=O)N[C@H]1CC[C@@H](C(=O)O)C1. The third-order valence-corrected chi connectivity index (χ3v) is 3.47. The van der Waals surface area contributed by atoms with Gasteiger partial charge in [0.1, 0.15) is 0 Å². The number of amides is 2. The Labute approximate surface area is 119 Å². The van der Waals surface area contributed by atoms with Gasteiger partial charge in [0.15, 0.2) is 0 Å². The molecule has 1 saturated carbocycles. The summed E-state index contributed by atoms with van der Waals surface area (Å²) in [5.74, 6) is -1.37. The highest BCUT2D eigenvalue weighted by atomic mass is 16.4. The van der Waals surface area contributed by atoms with E-state index >= 15 is 0 Å². The first kappa shape index (κ1) is 16.5. The Morgan fingerprint density at radius 2 is 1.85 bits per heavy atom. The van der Waals surface area contributed by atoms with E-state index in [1.807, 2.05) is 20.8 Å². The largest absolute Gasteiger partial charge is 0.481 e. The number of hydrogen-bond acceptors (Lipinski definition) is 3. The lowest BCUT2D eigenvalue weighted by atomic mass is 9.96. The Bertz CT molecular complexity index is 387. The van der Waals surface area contributed by atoms with Crippen molar-refractivity contribution in [2.75, 3.05) is 6.54 Å². The van der Waals surface area contributed by atoms with Crippen LogP contribution in [0.2, 0.25) is 0 Å². The number of rotatable bonds is 5. The van der Waals surface area contributed by atoms with E-state index in [1.165, 1.54) is 0 Å². The third-order valence-electron chi connectivity index (χ3n) is 3.47. The molecule has 0 aliphatic heterocycles. The molecular formula is C14H24N2O4. The Morgan fingerprint density at radius 3 is 2.35 bits per heavy atom. The second-order valence-electron chi connectivity index (χ2n) is 6.37. The second-order valence-corrected chi connectivity index (χ2v) is 6.37. The summed E-state index contributed by atoms with van der Waals surface area (Å²) in [5.41, 5.74) is -0.462. The van der Waals surface area contributed by atoms with E-state index in [2.05, 4.69) is 10.6 Å². The summed E-state index contributed by atoms with van der Waals surface area (Å²) in [6.07, 6.45) is 2.03. The number of carbonyl (C=O) groups excluding carboxylic acids is 2. The van der Waals surface area contributed by atoms with Gasteiger partial charge in [0.25, 0.3) is 0 Å². The molecule has 2 atom stereocenters. The van der Waals surface area contributed by atoms with Crippen molar-refractivity contribution in [2.45, 2.75) is 52.5 Å². The fraction of sp³-hybridized carbons (Fsp3) is 0.786. The first-order chi connectivity index (χ1) is 9.20. The van der Waals surface area contributed by atoms with Crippen LogP contribution in [-0.2, 0) is 14.4 Å². The predicted octanol–water partition coefficient (Wildman–Crippen LogP) is 0.908. The minimum Gasteiger partial charge on any atom is -0.481 e. The molecule has 1 rings (SSSR count). The number of carboxylic acids is 1. The zero-order chi connectivity index (χ0) is 15.3. The van der Waals surface area contributed by atoms with Crippen molar-refractivity contribution in [2.24, 2.45) is 11.3 Å². The van der Waals surface area contributed by atoms with Crippen molar-refractivity contribution < 1.29 is 19.5 Å². The van der Waals surface area contributed by atoms with Gasteiger partial charge in [-0.2, -0.15) is 0 Å². The highest BCUT2D eigenvalue weighted by Crippen LogP contribution is 2.25. The van der Waals surface area contributed by atoms with Crippen LogP contribution < -0.4 is 10.6 Å². The zero-order valence-corrected chi connectivity index (χ0v) is 12.4. The van der Waals surface area contributed by atoms with E-state index in [0.29, 0.717) is 25.8 Å². The molecule has 0 aromatic heterocycles. The highest BCUT2D eigenvalue weighted by molar-refractivity contribution is 5.82. The molecule has 114 valence electrons. The summed E-state index contributed by atoms with van der Waals surface area (Å²) in [6, 6.07) is -0.0538. The number of hydrogen-bond donors (Lipinski definition) is 3. The van der Waals surface area contributed by atoms with Gasteiger partial charge in [0, 0.05) is 24.4 Å². The van der Waals surface area contributed by atoms with Crippen LogP contribution in [0.15, 0.2) is 0 Å². The van der Waals surface area contributed by atoms with Crippen LogP contribution >= 0.6 is 0 Å². The molecule has 1 aliphatic carbocycles. The van der Waals surface area contributed by atoms with Gasteiger partial charge in [0.05, 0.1) is 5.92 Å². The van der Waals surface area contributed by atoms with E-state index in [-0.39, 0.29) is 30.2 Å². The maximum absolute atomic E-state index is 11.7. The normalized spacial score (nSPS) is 22.4. The summed E-state index contributed by atoms with van der Waals surface area (Å²) in [5, 5.41) is 14.4. The van der Waals surface area contributed by atoms with Crippen molar-refractivity contribution in [1.29, 1.82) is 0 Å². The second kappa shape index (κ2) is 6.72. The molecular weight excluding hydrogens is 260 g/mol. The number of carboxylic acid groups (broad SMARTS) is 1. The van der Waals surface area contributed by atoms with E-state index in [1.54, 1.807) is 0 Å². The van der Waals surface area contributed by atoms with Crippen molar-refractivity contribution in [3.63, 3.8) is 0 Å². The van der Waals surface area contributed by atoms with Crippen LogP contribution in [0.5, 0.6) is 0 Å². The van der Waals surface area contributed by atoms with Gasteiger partial charge in [0.2, 0.25) is 11.8 Å². The Morgan fingerprint density at radius 1 is 1.20 bits per heavy atom. The molecule has 6 heteroatoms. The number of carbonyl (C=O) groups is 3. The summed E-state index contributed by atoms with van der Waals surface area (Å²) >= 11 is 0. The molecule has 3 N–H and O–H groups in total. The van der Waals surface area contributed by atoms with E-state index < -0.39 is 11.4 Å². The topological polar surface area (TPSA) is 95.5 Å². The smallest absolute Gasteiger partial charge is 0.306 e. The average Bonchev–Trinajstić information content (AvgIpc) is 2.76. The monoisotopic (exact) mass is 284 g/mol. The predicted molar refractivity (Wildman–Crippen MR) is 74.0 cm³/mol. The fourth-order valence-electron chi connectivity index (χ4n) is 2.19. The van der Waals surface area contributed by atoms with Gasteiger partial charge >= 0.3 is 5.97 Å². The van der Waals surface area contributed by atoms with E-state index in [9.17, 15) is 14.4 Å². The lowest BCUT2D eigenvalue weighted by Crippen LogP contribution is -2.39. The standard InChI is InChI=1S/C14H24N2O4/c1-14(2,3)13(20)15-7-6-11(17)16-10-5-4-9(8-10)12(18)19/h9-10H,4-8H2,1-3H3,(H,15,20)(H,16,17)(H,18,19)/t9-,10+/m1/s1. The molecule has 0 spiro atoms. The van der Waals surface area contributed by atoms with Gasteiger partial charge in [-0.1, -0.05) is 20.8 Å². The summed E-state index contributed by atoms with van der Waals surface area (Å²) < 4.78 is 0. The van der Waals surface area contributed by atoms with Crippen LogP contribution in [0.1, 0.15) is 46.5 Å². The van der Waals surface area contributed by atoms with E-state index in [0.717, 1.165) is 0 Å². The Balaban J connectivity index is 2.22. The molecule has 20 heavy (non-hydrogen) atoms. The quantitative estimate of drug-likeness (QED) is 0.699. The molecule has 2 amide bonds. The van der Waals surface area contributed by atoms with Crippen LogP contribution in [0.3, 0.4) is 0 Å². The molecule has 0 unspecified atom stereocenters. The fourth-order valence-corrected chi connectivity index (χ4v) is 2.19. The Hall–Kier alpha value is -1.59. The molecule has 0 bridgehead atoms. The van der Waals surface area contributed by atoms with Gasteiger partial charge in [-0.25, -0.2) is 0 Å². The summed E-state index contributed by atoms with van der Waals surface area (Å²) in [6.45, 7) is 5.74. The maximum atomic E-state index is 11.7. The van der Waals surface area contributed by atoms with Gasteiger partial charge < -0.3 is 15.7 Å². The van der Waals surface area contributed by atoms with E-state index in [4.69, 9.17) is 5.11 Å². The van der Waals surface area contributed by atoms with Crippen molar-refractivity contribution in [3.05, 3.63) is 0 Å². The molecule has 0 heterocycles. The average molecular weight is 284 g/mol. The first-order valence-electron chi connectivity index (χ1n) is 7.00. The first-order valence-corrected chi connectivity index (χ1v) is 7.00. The molecule has 6 nitrogen and oxygen atoms in total. The van der Waals surface area contributed by atoms with Crippen molar-refractivity contribution in [3.8, 4) is 0 Å². The van der Waals surface area contributed by atoms with Crippen LogP contribution in [-0.4, -0.2) is 35.5 Å². The van der Waals surface area contributed by atoms with Crippen molar-refractivity contribution >= 4 is 17.8 Å². The van der Waals surface area contributed by atoms with Crippen molar-refractivity contribution in [1.82, 2.24) is 10.6 Å². The molecule has 0 saturated heterocycles.